The van der Waals surface area contributed by atoms with Gasteiger partial charge in [0.05, 0.1) is 5.60 Å². The van der Waals surface area contributed by atoms with Crippen molar-refractivity contribution in [2.45, 2.75) is 31.3 Å². The highest BCUT2D eigenvalue weighted by atomic mass is 16.3. The van der Waals surface area contributed by atoms with Gasteiger partial charge in [0.1, 0.15) is 0 Å². The highest BCUT2D eigenvalue weighted by molar-refractivity contribution is 5.38. The van der Waals surface area contributed by atoms with Crippen molar-refractivity contribution in [2.24, 2.45) is 0 Å². The van der Waals surface area contributed by atoms with Crippen LogP contribution in [-0.4, -0.2) is 23.8 Å². The van der Waals surface area contributed by atoms with Gasteiger partial charge in [-0.05, 0) is 37.4 Å². The summed E-state index contributed by atoms with van der Waals surface area (Å²) in [6, 6.07) is 18.9. The first kappa shape index (κ1) is 14.3. The summed E-state index contributed by atoms with van der Waals surface area (Å²) in [5.41, 5.74) is 2.91. The molecular formula is C19H23NO. The molecule has 0 aliphatic carbocycles. The minimum atomic E-state index is -0.715. The number of rotatable bonds is 3. The Bertz CT molecular complexity index is 588. The van der Waals surface area contributed by atoms with Crippen LogP contribution in [0, 0.1) is 6.92 Å². The maximum Gasteiger partial charge on any atom is 0.0880 e. The van der Waals surface area contributed by atoms with E-state index >= 15 is 0 Å². The van der Waals surface area contributed by atoms with Crippen LogP contribution in [0.1, 0.15) is 35.4 Å². The Morgan fingerprint density at radius 2 is 1.81 bits per heavy atom. The molecule has 0 bridgehead atoms. The molecule has 0 radical (unpaired) electrons. The lowest BCUT2D eigenvalue weighted by Crippen LogP contribution is -2.50. The normalized spacial score (nSPS) is 23.7. The maximum absolute atomic E-state index is 11.3. The molecule has 2 N–H and O–H groups in total. The van der Waals surface area contributed by atoms with Crippen molar-refractivity contribution in [3.63, 3.8) is 0 Å². The van der Waals surface area contributed by atoms with Gasteiger partial charge >= 0.3 is 0 Å². The molecular weight excluding hydrogens is 258 g/mol. The van der Waals surface area contributed by atoms with Crippen molar-refractivity contribution in [1.82, 2.24) is 5.32 Å². The van der Waals surface area contributed by atoms with Crippen LogP contribution in [0.3, 0.4) is 0 Å². The lowest BCUT2D eigenvalue weighted by molar-refractivity contribution is 0.00121. The summed E-state index contributed by atoms with van der Waals surface area (Å²) in [7, 11) is 0. The molecule has 0 saturated carbocycles. The van der Waals surface area contributed by atoms with Crippen molar-refractivity contribution in [3.8, 4) is 0 Å². The second-order valence-electron chi connectivity index (χ2n) is 6.14. The number of piperidine rings is 1. The summed E-state index contributed by atoms with van der Waals surface area (Å²) >= 11 is 0. The van der Waals surface area contributed by atoms with Gasteiger partial charge in [0.15, 0.2) is 0 Å². The predicted octanol–water partition coefficient (Wildman–Crippen LogP) is 3.24. The van der Waals surface area contributed by atoms with Crippen molar-refractivity contribution < 1.29 is 5.11 Å². The molecule has 1 aliphatic rings. The third-order valence-corrected chi connectivity index (χ3v) is 4.44. The molecule has 0 amide bonds. The average Bonchev–Trinajstić information content (AvgIpc) is 2.49. The molecule has 0 aromatic heterocycles. The number of β-amino-alcohol motifs (C(OH)–C–C–N with tert-alkyl or cyclic N) is 1. The molecule has 2 unspecified atom stereocenters. The number of hydrogen-bond acceptors (Lipinski definition) is 2. The van der Waals surface area contributed by atoms with E-state index in [0.717, 1.165) is 19.4 Å². The number of aryl methyl sites for hydroxylation is 1. The highest BCUT2D eigenvalue weighted by Crippen LogP contribution is 2.38. The minimum Gasteiger partial charge on any atom is -0.388 e. The van der Waals surface area contributed by atoms with Gasteiger partial charge in [-0.25, -0.2) is 0 Å². The number of hydrogen-bond donors (Lipinski definition) is 2. The minimum absolute atomic E-state index is 0.0198. The Morgan fingerprint density at radius 3 is 2.48 bits per heavy atom. The van der Waals surface area contributed by atoms with Crippen LogP contribution in [0.15, 0.2) is 54.6 Å². The SMILES string of the molecule is Cc1cccc(C(c2ccccc2)C2(O)CCCNC2)c1. The summed E-state index contributed by atoms with van der Waals surface area (Å²) < 4.78 is 0. The van der Waals surface area contributed by atoms with Gasteiger partial charge in [-0.2, -0.15) is 0 Å². The monoisotopic (exact) mass is 281 g/mol. The van der Waals surface area contributed by atoms with Crippen molar-refractivity contribution >= 4 is 0 Å². The summed E-state index contributed by atoms with van der Waals surface area (Å²) in [4.78, 5) is 0. The zero-order valence-electron chi connectivity index (χ0n) is 12.5. The zero-order chi connectivity index (χ0) is 14.7. The standard InChI is InChI=1S/C19H23NO/c1-15-7-5-10-17(13-15)18(16-8-3-2-4-9-16)19(21)11-6-12-20-14-19/h2-5,7-10,13,18,20-21H,6,11-12,14H2,1H3. The van der Waals surface area contributed by atoms with E-state index in [4.69, 9.17) is 0 Å². The fourth-order valence-electron chi connectivity index (χ4n) is 3.47. The maximum atomic E-state index is 11.3. The first-order chi connectivity index (χ1) is 10.2. The Hall–Kier alpha value is -1.64. The predicted molar refractivity (Wildman–Crippen MR) is 86.5 cm³/mol. The van der Waals surface area contributed by atoms with E-state index in [0.29, 0.717) is 6.54 Å². The third-order valence-electron chi connectivity index (χ3n) is 4.44. The molecule has 2 aromatic carbocycles. The van der Waals surface area contributed by atoms with Crippen LogP contribution in [0.25, 0.3) is 0 Å². The molecule has 2 aromatic rings. The van der Waals surface area contributed by atoms with Gasteiger partial charge < -0.3 is 10.4 Å². The summed E-state index contributed by atoms with van der Waals surface area (Å²) in [5, 5.41) is 14.6. The first-order valence-electron chi connectivity index (χ1n) is 7.74. The Balaban J connectivity index is 2.07. The summed E-state index contributed by atoms with van der Waals surface area (Å²) in [6.45, 7) is 3.76. The second kappa shape index (κ2) is 6.00. The number of nitrogens with one attached hydrogen (secondary N) is 1. The van der Waals surface area contributed by atoms with Crippen LogP contribution in [0.5, 0.6) is 0 Å². The molecule has 2 atom stereocenters. The van der Waals surface area contributed by atoms with Gasteiger partial charge in [-0.15, -0.1) is 0 Å². The topological polar surface area (TPSA) is 32.3 Å². The zero-order valence-corrected chi connectivity index (χ0v) is 12.5. The van der Waals surface area contributed by atoms with Crippen molar-refractivity contribution in [1.29, 1.82) is 0 Å². The first-order valence-corrected chi connectivity index (χ1v) is 7.74. The number of aliphatic hydroxyl groups is 1. The van der Waals surface area contributed by atoms with Gasteiger partial charge in [-0.1, -0.05) is 60.2 Å². The molecule has 2 nitrogen and oxygen atoms in total. The quantitative estimate of drug-likeness (QED) is 0.905. The van der Waals surface area contributed by atoms with Crippen molar-refractivity contribution in [3.05, 3.63) is 71.3 Å². The fourth-order valence-corrected chi connectivity index (χ4v) is 3.47. The van der Waals surface area contributed by atoms with E-state index in [-0.39, 0.29) is 5.92 Å². The average molecular weight is 281 g/mol. The van der Waals surface area contributed by atoms with E-state index in [1.54, 1.807) is 0 Å². The third kappa shape index (κ3) is 3.02. The Labute approximate surface area is 126 Å². The van der Waals surface area contributed by atoms with Crippen LogP contribution in [0.2, 0.25) is 0 Å². The van der Waals surface area contributed by atoms with E-state index < -0.39 is 5.60 Å². The lowest BCUT2D eigenvalue weighted by Gasteiger charge is -2.40. The smallest absolute Gasteiger partial charge is 0.0880 e. The van der Waals surface area contributed by atoms with Crippen LogP contribution in [-0.2, 0) is 0 Å². The summed E-state index contributed by atoms with van der Waals surface area (Å²) in [6.07, 6.45) is 1.86. The van der Waals surface area contributed by atoms with Gasteiger partial charge in [0.25, 0.3) is 0 Å². The van der Waals surface area contributed by atoms with E-state index in [1.165, 1.54) is 16.7 Å². The molecule has 110 valence electrons. The van der Waals surface area contributed by atoms with Crippen LogP contribution >= 0.6 is 0 Å². The molecule has 2 heteroatoms. The van der Waals surface area contributed by atoms with Gasteiger partial charge in [-0.3, -0.25) is 0 Å². The van der Waals surface area contributed by atoms with Gasteiger partial charge in [0, 0.05) is 12.5 Å². The molecule has 1 heterocycles. The van der Waals surface area contributed by atoms with Crippen LogP contribution in [0.4, 0.5) is 0 Å². The molecule has 1 aliphatic heterocycles. The second-order valence-corrected chi connectivity index (χ2v) is 6.14. The Morgan fingerprint density at radius 1 is 1.05 bits per heavy atom. The molecule has 0 spiro atoms. The lowest BCUT2D eigenvalue weighted by atomic mass is 9.73. The summed E-state index contributed by atoms with van der Waals surface area (Å²) in [5.74, 6) is 0.0198. The molecule has 1 saturated heterocycles. The van der Waals surface area contributed by atoms with E-state index in [2.05, 4.69) is 60.8 Å². The van der Waals surface area contributed by atoms with Crippen LogP contribution < -0.4 is 5.32 Å². The Kier molecular flexibility index (Phi) is 4.09. The molecule has 1 fully saturated rings. The van der Waals surface area contributed by atoms with E-state index in [1.807, 2.05) is 6.07 Å². The largest absolute Gasteiger partial charge is 0.388 e. The highest BCUT2D eigenvalue weighted by Gasteiger charge is 2.39. The van der Waals surface area contributed by atoms with Gasteiger partial charge in [0.2, 0.25) is 0 Å². The van der Waals surface area contributed by atoms with E-state index in [9.17, 15) is 5.11 Å². The molecule has 3 rings (SSSR count). The molecule has 21 heavy (non-hydrogen) atoms. The fraction of sp³-hybridized carbons (Fsp3) is 0.368. The van der Waals surface area contributed by atoms with Crippen molar-refractivity contribution in [2.75, 3.05) is 13.1 Å². The number of benzene rings is 2.